The van der Waals surface area contributed by atoms with E-state index in [9.17, 15) is 14.4 Å². The Morgan fingerprint density at radius 3 is 2.00 bits per heavy atom. The molecule has 0 radical (unpaired) electrons. The average Bonchev–Trinajstić information content (AvgIpc) is 2.65. The lowest BCUT2D eigenvalue weighted by Gasteiger charge is -2.27. The van der Waals surface area contributed by atoms with Crippen LogP contribution in [0, 0.1) is 11.8 Å². The highest BCUT2D eigenvalue weighted by atomic mass is 16.6. The molecular formula is C19H27NO7. The van der Waals surface area contributed by atoms with Crippen LogP contribution < -0.4 is 5.32 Å². The third-order valence-electron chi connectivity index (χ3n) is 3.81. The van der Waals surface area contributed by atoms with Gasteiger partial charge < -0.3 is 18.9 Å². The van der Waals surface area contributed by atoms with Crippen LogP contribution in [-0.2, 0) is 35.1 Å². The van der Waals surface area contributed by atoms with Gasteiger partial charge in [-0.05, 0) is 19.4 Å². The number of amides is 1. The molecule has 1 N–H and O–H groups in total. The van der Waals surface area contributed by atoms with Crippen molar-refractivity contribution in [2.75, 3.05) is 20.3 Å². The predicted octanol–water partition coefficient (Wildman–Crippen LogP) is 2.26. The number of methoxy groups -OCH3 is 1. The quantitative estimate of drug-likeness (QED) is 0.287. The van der Waals surface area contributed by atoms with Crippen molar-refractivity contribution >= 4 is 18.0 Å². The van der Waals surface area contributed by atoms with Gasteiger partial charge in [-0.3, -0.25) is 14.9 Å². The Labute approximate surface area is 159 Å². The molecular weight excluding hydrogens is 354 g/mol. The second kappa shape index (κ2) is 11.9. The molecule has 1 amide bonds. The van der Waals surface area contributed by atoms with Gasteiger partial charge in [0.05, 0.1) is 13.2 Å². The summed E-state index contributed by atoms with van der Waals surface area (Å²) in [6, 6.07) is 9.17. The largest absolute Gasteiger partial charge is 0.465 e. The van der Waals surface area contributed by atoms with Gasteiger partial charge in [0.25, 0.3) is 0 Å². The lowest BCUT2D eigenvalue weighted by atomic mass is 9.92. The van der Waals surface area contributed by atoms with E-state index in [-0.39, 0.29) is 19.8 Å². The van der Waals surface area contributed by atoms with E-state index < -0.39 is 36.1 Å². The van der Waals surface area contributed by atoms with Gasteiger partial charge in [-0.1, -0.05) is 37.3 Å². The lowest BCUT2D eigenvalue weighted by molar-refractivity contribution is -0.167. The molecule has 2 unspecified atom stereocenters. The average molecular weight is 381 g/mol. The van der Waals surface area contributed by atoms with Gasteiger partial charge in [-0.15, -0.1) is 0 Å². The molecule has 27 heavy (non-hydrogen) atoms. The van der Waals surface area contributed by atoms with E-state index in [1.54, 1.807) is 20.8 Å². The zero-order valence-corrected chi connectivity index (χ0v) is 16.1. The second-order valence-corrected chi connectivity index (χ2v) is 5.70. The van der Waals surface area contributed by atoms with E-state index in [1.165, 1.54) is 7.11 Å². The SMILES string of the molecule is CCOC(=O)C(C(=O)OCC)C(C)C(NC(=O)OCc1ccccc1)OC. The molecule has 0 aliphatic carbocycles. The molecule has 8 nitrogen and oxygen atoms in total. The van der Waals surface area contributed by atoms with Gasteiger partial charge in [0.2, 0.25) is 0 Å². The number of hydrogen-bond acceptors (Lipinski definition) is 7. The van der Waals surface area contributed by atoms with Crippen molar-refractivity contribution in [3.8, 4) is 0 Å². The van der Waals surface area contributed by atoms with E-state index in [2.05, 4.69) is 5.32 Å². The van der Waals surface area contributed by atoms with Crippen molar-refractivity contribution in [3.63, 3.8) is 0 Å². The first-order valence-corrected chi connectivity index (χ1v) is 8.77. The van der Waals surface area contributed by atoms with Crippen molar-refractivity contribution in [1.29, 1.82) is 0 Å². The van der Waals surface area contributed by atoms with Crippen LogP contribution in [0.15, 0.2) is 30.3 Å². The van der Waals surface area contributed by atoms with Gasteiger partial charge in [-0.25, -0.2) is 4.79 Å². The molecule has 1 aromatic rings. The summed E-state index contributed by atoms with van der Waals surface area (Å²) in [5.74, 6) is -3.43. The maximum Gasteiger partial charge on any atom is 0.409 e. The standard InChI is InChI=1S/C19H27NO7/c1-5-25-17(21)15(18(22)26-6-2)13(3)16(24-4)20-19(23)27-12-14-10-8-7-9-11-14/h7-11,13,15-16H,5-6,12H2,1-4H3,(H,20,23). The molecule has 0 aromatic heterocycles. The molecule has 0 aliphatic rings. The highest BCUT2D eigenvalue weighted by molar-refractivity contribution is 5.95. The number of nitrogens with one attached hydrogen (secondary N) is 1. The Morgan fingerprint density at radius 1 is 0.963 bits per heavy atom. The molecule has 2 atom stereocenters. The molecule has 1 aromatic carbocycles. The van der Waals surface area contributed by atoms with Crippen molar-refractivity contribution in [2.24, 2.45) is 11.8 Å². The van der Waals surface area contributed by atoms with Crippen LogP contribution in [-0.4, -0.2) is 44.6 Å². The molecule has 0 saturated heterocycles. The third kappa shape index (κ3) is 7.26. The topological polar surface area (TPSA) is 100 Å². The number of carbonyl (C=O) groups excluding carboxylic acids is 3. The fourth-order valence-corrected chi connectivity index (χ4v) is 2.45. The maximum absolute atomic E-state index is 12.2. The number of ether oxygens (including phenoxy) is 4. The Hall–Kier alpha value is -2.61. The fraction of sp³-hybridized carbons (Fsp3) is 0.526. The van der Waals surface area contributed by atoms with Crippen LogP contribution in [0.4, 0.5) is 4.79 Å². The minimum atomic E-state index is -1.23. The minimum absolute atomic E-state index is 0.0800. The molecule has 0 fully saturated rings. The lowest BCUT2D eigenvalue weighted by Crippen LogP contribution is -2.47. The maximum atomic E-state index is 12.2. The summed E-state index contributed by atoms with van der Waals surface area (Å²) in [6.07, 6.45) is -1.68. The number of alkyl carbamates (subject to hydrolysis) is 1. The summed E-state index contributed by atoms with van der Waals surface area (Å²) < 4.78 is 20.3. The number of hydrogen-bond donors (Lipinski definition) is 1. The van der Waals surface area contributed by atoms with E-state index in [0.29, 0.717) is 0 Å². The van der Waals surface area contributed by atoms with Crippen molar-refractivity contribution in [2.45, 2.75) is 33.6 Å². The first-order chi connectivity index (χ1) is 12.9. The monoisotopic (exact) mass is 381 g/mol. The Kier molecular flexibility index (Phi) is 9.89. The fourth-order valence-electron chi connectivity index (χ4n) is 2.45. The summed E-state index contributed by atoms with van der Waals surface area (Å²) in [7, 11) is 1.35. The van der Waals surface area contributed by atoms with E-state index >= 15 is 0 Å². The second-order valence-electron chi connectivity index (χ2n) is 5.70. The molecule has 0 bridgehead atoms. The Balaban J connectivity index is 2.75. The Bertz CT molecular complexity index is 587. The van der Waals surface area contributed by atoms with Gasteiger partial charge in [-0.2, -0.15) is 0 Å². The zero-order valence-electron chi connectivity index (χ0n) is 16.1. The van der Waals surface area contributed by atoms with Crippen LogP contribution in [0.2, 0.25) is 0 Å². The van der Waals surface area contributed by atoms with E-state index in [1.807, 2.05) is 30.3 Å². The Morgan fingerprint density at radius 2 is 1.52 bits per heavy atom. The molecule has 1 rings (SSSR count). The number of esters is 2. The smallest absolute Gasteiger partial charge is 0.409 e. The molecule has 0 aliphatic heterocycles. The van der Waals surface area contributed by atoms with Crippen LogP contribution in [0.3, 0.4) is 0 Å². The van der Waals surface area contributed by atoms with Crippen LogP contribution in [0.1, 0.15) is 26.3 Å². The number of rotatable bonds is 10. The van der Waals surface area contributed by atoms with Gasteiger partial charge in [0, 0.05) is 13.0 Å². The van der Waals surface area contributed by atoms with Gasteiger partial charge in [0.15, 0.2) is 5.92 Å². The van der Waals surface area contributed by atoms with E-state index in [4.69, 9.17) is 18.9 Å². The van der Waals surface area contributed by atoms with Crippen LogP contribution >= 0.6 is 0 Å². The summed E-state index contributed by atoms with van der Waals surface area (Å²) >= 11 is 0. The molecule has 150 valence electrons. The van der Waals surface area contributed by atoms with Gasteiger partial charge >= 0.3 is 18.0 Å². The molecule has 0 heterocycles. The van der Waals surface area contributed by atoms with Gasteiger partial charge in [0.1, 0.15) is 12.8 Å². The minimum Gasteiger partial charge on any atom is -0.465 e. The number of benzene rings is 1. The van der Waals surface area contributed by atoms with Crippen molar-refractivity contribution in [1.82, 2.24) is 5.32 Å². The summed E-state index contributed by atoms with van der Waals surface area (Å²) in [6.45, 7) is 5.17. The predicted molar refractivity (Wildman–Crippen MR) is 96.5 cm³/mol. The highest BCUT2D eigenvalue weighted by Gasteiger charge is 2.40. The number of carbonyl (C=O) groups is 3. The third-order valence-corrected chi connectivity index (χ3v) is 3.81. The highest BCUT2D eigenvalue weighted by Crippen LogP contribution is 2.20. The first-order valence-electron chi connectivity index (χ1n) is 8.77. The molecule has 0 saturated carbocycles. The van der Waals surface area contributed by atoms with Crippen molar-refractivity contribution < 1.29 is 33.3 Å². The molecule has 0 spiro atoms. The molecule has 8 heteroatoms. The van der Waals surface area contributed by atoms with Crippen LogP contribution in [0.5, 0.6) is 0 Å². The first kappa shape index (κ1) is 22.4. The summed E-state index contributed by atoms with van der Waals surface area (Å²) in [4.78, 5) is 36.4. The van der Waals surface area contributed by atoms with Crippen molar-refractivity contribution in [3.05, 3.63) is 35.9 Å². The van der Waals surface area contributed by atoms with E-state index in [0.717, 1.165) is 5.56 Å². The summed E-state index contributed by atoms with van der Waals surface area (Å²) in [5.41, 5.74) is 0.825. The van der Waals surface area contributed by atoms with Crippen LogP contribution in [0.25, 0.3) is 0 Å². The zero-order chi connectivity index (χ0) is 20.2. The normalized spacial score (nSPS) is 12.8. The summed E-state index contributed by atoms with van der Waals surface area (Å²) in [5, 5.41) is 2.51.